The van der Waals surface area contributed by atoms with Crippen LogP contribution in [0.25, 0.3) is 0 Å². The number of methoxy groups -OCH3 is 1. The van der Waals surface area contributed by atoms with Crippen molar-refractivity contribution < 1.29 is 13.2 Å². The smallest absolute Gasteiger partial charge is 0.151 e. The van der Waals surface area contributed by atoms with Gasteiger partial charge in [-0.05, 0) is 25.8 Å². The fraction of sp³-hybridized carbons (Fsp3) is 1.00. The van der Waals surface area contributed by atoms with Gasteiger partial charge in [-0.2, -0.15) is 0 Å². The molecule has 0 aromatic heterocycles. The van der Waals surface area contributed by atoms with Crippen molar-refractivity contribution in [1.82, 2.24) is 5.32 Å². The van der Waals surface area contributed by atoms with Crippen LogP contribution in [0.2, 0.25) is 0 Å². The topological polar surface area (TPSA) is 55.4 Å². The number of sulfone groups is 1. The second kappa shape index (κ2) is 7.25. The molecule has 0 amide bonds. The van der Waals surface area contributed by atoms with E-state index in [9.17, 15) is 8.42 Å². The zero-order valence-corrected chi connectivity index (χ0v) is 11.8. The van der Waals surface area contributed by atoms with Crippen LogP contribution in [0.5, 0.6) is 0 Å². The Morgan fingerprint density at radius 2 is 1.88 bits per heavy atom. The van der Waals surface area contributed by atoms with Gasteiger partial charge in [-0.25, -0.2) is 8.42 Å². The minimum atomic E-state index is -3.00. The molecule has 0 rings (SSSR count). The Labute approximate surface area is 99.7 Å². The summed E-state index contributed by atoms with van der Waals surface area (Å²) >= 11 is 0. The Bertz CT molecular complexity index is 277. The Morgan fingerprint density at radius 1 is 1.31 bits per heavy atom. The highest BCUT2D eigenvalue weighted by Gasteiger charge is 2.29. The molecule has 0 heterocycles. The molecule has 0 bridgehead atoms. The van der Waals surface area contributed by atoms with Gasteiger partial charge in [0.05, 0.1) is 5.25 Å². The van der Waals surface area contributed by atoms with E-state index in [4.69, 9.17) is 4.74 Å². The molecule has 0 aliphatic carbocycles. The third kappa shape index (κ3) is 5.27. The van der Waals surface area contributed by atoms with Gasteiger partial charge in [0.15, 0.2) is 9.84 Å². The number of hydrogen-bond acceptors (Lipinski definition) is 4. The van der Waals surface area contributed by atoms with Gasteiger partial charge in [0.25, 0.3) is 0 Å². The van der Waals surface area contributed by atoms with Crippen molar-refractivity contribution in [3.8, 4) is 0 Å². The van der Waals surface area contributed by atoms with Gasteiger partial charge < -0.3 is 10.1 Å². The summed E-state index contributed by atoms with van der Waals surface area (Å²) in [5, 5.41) is 2.90. The summed E-state index contributed by atoms with van der Waals surface area (Å²) in [6, 6.07) is -0.00449. The molecule has 0 aliphatic rings. The average Bonchev–Trinajstić information content (AvgIpc) is 2.20. The third-order valence-corrected chi connectivity index (χ3v) is 4.66. The van der Waals surface area contributed by atoms with E-state index in [0.717, 1.165) is 13.0 Å². The average molecular weight is 251 g/mol. The zero-order valence-electron chi connectivity index (χ0n) is 11.0. The molecule has 98 valence electrons. The molecule has 5 heteroatoms. The molecule has 16 heavy (non-hydrogen) atoms. The Hall–Kier alpha value is -0.130. The van der Waals surface area contributed by atoms with Crippen molar-refractivity contribution in [1.29, 1.82) is 0 Å². The van der Waals surface area contributed by atoms with Crippen LogP contribution in [0.15, 0.2) is 0 Å². The van der Waals surface area contributed by atoms with E-state index >= 15 is 0 Å². The number of rotatable bonds is 8. The summed E-state index contributed by atoms with van der Waals surface area (Å²) in [6.07, 6.45) is 2.17. The fourth-order valence-corrected chi connectivity index (χ4v) is 2.71. The van der Waals surface area contributed by atoms with Crippen LogP contribution in [0.3, 0.4) is 0 Å². The van der Waals surface area contributed by atoms with Crippen molar-refractivity contribution in [2.45, 2.75) is 38.5 Å². The molecule has 0 fully saturated rings. The molecule has 0 radical (unpaired) electrons. The maximum Gasteiger partial charge on any atom is 0.151 e. The predicted octanol–water partition coefficient (Wildman–Crippen LogP) is 1.07. The summed E-state index contributed by atoms with van der Waals surface area (Å²) in [4.78, 5) is 0. The lowest BCUT2D eigenvalue weighted by atomic mass is 9.96. The predicted molar refractivity (Wildman–Crippen MR) is 67.4 cm³/mol. The van der Waals surface area contributed by atoms with Crippen molar-refractivity contribution >= 4 is 9.84 Å². The lowest BCUT2D eigenvalue weighted by Crippen LogP contribution is -2.46. The Morgan fingerprint density at radius 3 is 2.25 bits per heavy atom. The van der Waals surface area contributed by atoms with E-state index in [-0.39, 0.29) is 17.2 Å². The molecule has 1 N–H and O–H groups in total. The van der Waals surface area contributed by atoms with Crippen LogP contribution >= 0.6 is 0 Å². The second-order valence-corrected chi connectivity index (χ2v) is 6.78. The summed E-state index contributed by atoms with van der Waals surface area (Å²) < 4.78 is 28.1. The summed E-state index contributed by atoms with van der Waals surface area (Å²) in [5.41, 5.74) is 0. The number of nitrogens with one attached hydrogen (secondary N) is 1. The third-order valence-electron chi connectivity index (χ3n) is 3.01. The van der Waals surface area contributed by atoms with Gasteiger partial charge in [0.1, 0.15) is 0 Å². The van der Waals surface area contributed by atoms with Crippen LogP contribution in [-0.2, 0) is 14.6 Å². The molecule has 0 saturated heterocycles. The zero-order chi connectivity index (χ0) is 12.8. The molecule has 0 spiro atoms. The van der Waals surface area contributed by atoms with E-state index in [1.807, 2.05) is 6.92 Å². The first-order chi connectivity index (χ1) is 7.34. The highest BCUT2D eigenvalue weighted by Crippen LogP contribution is 2.16. The van der Waals surface area contributed by atoms with Gasteiger partial charge in [-0.1, -0.05) is 13.8 Å². The van der Waals surface area contributed by atoms with Crippen molar-refractivity contribution in [2.24, 2.45) is 5.92 Å². The normalized spacial score (nSPS) is 18.1. The van der Waals surface area contributed by atoms with Crippen LogP contribution in [0.1, 0.15) is 27.2 Å². The number of hydrogen-bond donors (Lipinski definition) is 1. The molecular formula is C11H25NO3S. The molecule has 3 unspecified atom stereocenters. The first-order valence-corrected chi connectivity index (χ1v) is 7.71. The quantitative estimate of drug-likeness (QED) is 0.701. The van der Waals surface area contributed by atoms with E-state index in [2.05, 4.69) is 12.2 Å². The standard InChI is InChI=1S/C11H25NO3S/c1-6-12-11(9(2)7-8-15-4)10(3)16(5,13)14/h9-12H,6-8H2,1-5H3. The minimum absolute atomic E-state index is 0.00449. The number of ether oxygens (including phenoxy) is 1. The van der Waals surface area contributed by atoms with Gasteiger partial charge >= 0.3 is 0 Å². The Balaban J connectivity index is 4.59. The van der Waals surface area contributed by atoms with Gasteiger partial charge in [0.2, 0.25) is 0 Å². The highest BCUT2D eigenvalue weighted by atomic mass is 32.2. The van der Waals surface area contributed by atoms with Crippen molar-refractivity contribution in [3.63, 3.8) is 0 Å². The fourth-order valence-electron chi connectivity index (χ4n) is 1.82. The Kier molecular flexibility index (Phi) is 7.19. The van der Waals surface area contributed by atoms with Crippen LogP contribution < -0.4 is 5.32 Å². The van der Waals surface area contributed by atoms with Crippen LogP contribution in [-0.4, -0.2) is 46.2 Å². The van der Waals surface area contributed by atoms with Gasteiger partial charge in [-0.3, -0.25) is 0 Å². The summed E-state index contributed by atoms with van der Waals surface area (Å²) in [7, 11) is -1.34. The molecule has 0 aromatic carbocycles. The molecule has 3 atom stereocenters. The second-order valence-electron chi connectivity index (χ2n) is 4.38. The molecule has 0 aromatic rings. The maximum absolute atomic E-state index is 11.6. The van der Waals surface area contributed by atoms with Crippen LogP contribution in [0.4, 0.5) is 0 Å². The summed E-state index contributed by atoms with van der Waals surface area (Å²) in [5.74, 6) is 0.282. The van der Waals surface area contributed by atoms with E-state index in [0.29, 0.717) is 6.61 Å². The van der Waals surface area contributed by atoms with E-state index < -0.39 is 9.84 Å². The first-order valence-electron chi connectivity index (χ1n) is 5.75. The lowest BCUT2D eigenvalue weighted by molar-refractivity contribution is 0.170. The molecule has 0 aliphatic heterocycles. The van der Waals surface area contributed by atoms with E-state index in [1.165, 1.54) is 6.26 Å². The van der Waals surface area contributed by atoms with Gasteiger partial charge in [-0.15, -0.1) is 0 Å². The summed E-state index contributed by atoms with van der Waals surface area (Å²) in [6.45, 7) is 7.27. The monoisotopic (exact) mass is 251 g/mol. The molecule has 4 nitrogen and oxygen atoms in total. The van der Waals surface area contributed by atoms with E-state index in [1.54, 1.807) is 14.0 Å². The van der Waals surface area contributed by atoms with Crippen molar-refractivity contribution in [3.05, 3.63) is 0 Å². The SMILES string of the molecule is CCNC(C(C)CCOC)C(C)S(C)(=O)=O. The largest absolute Gasteiger partial charge is 0.385 e. The molecule has 0 saturated carbocycles. The van der Waals surface area contributed by atoms with Crippen molar-refractivity contribution in [2.75, 3.05) is 26.5 Å². The maximum atomic E-state index is 11.6. The lowest BCUT2D eigenvalue weighted by Gasteiger charge is -2.29. The highest BCUT2D eigenvalue weighted by molar-refractivity contribution is 7.91. The molecular weight excluding hydrogens is 226 g/mol. The first kappa shape index (κ1) is 15.9. The van der Waals surface area contributed by atoms with Gasteiger partial charge in [0, 0.05) is 26.0 Å². The minimum Gasteiger partial charge on any atom is -0.385 e. The van der Waals surface area contributed by atoms with Crippen LogP contribution in [0, 0.1) is 5.92 Å².